The first-order chi connectivity index (χ1) is 14.0. The van der Waals surface area contributed by atoms with Gasteiger partial charge < -0.3 is 10.1 Å². The highest BCUT2D eigenvalue weighted by atomic mass is 79.9. The summed E-state index contributed by atoms with van der Waals surface area (Å²) in [6.45, 7) is 4.31. The van der Waals surface area contributed by atoms with Gasteiger partial charge in [-0.1, -0.05) is 56.3 Å². The number of benzene rings is 3. The highest BCUT2D eigenvalue weighted by molar-refractivity contribution is 9.10. The molecule has 0 unspecified atom stereocenters. The zero-order valence-electron chi connectivity index (χ0n) is 16.6. The van der Waals surface area contributed by atoms with Crippen LogP contribution >= 0.6 is 28.1 Å². The van der Waals surface area contributed by atoms with Gasteiger partial charge in [0.05, 0.1) is 17.1 Å². The molecule has 0 saturated carbocycles. The molecule has 3 aromatic carbocycles. The minimum atomic E-state index is -0.327. The molecule has 3 rings (SSSR count). The van der Waals surface area contributed by atoms with Crippen LogP contribution in [0.5, 0.6) is 5.75 Å². The fourth-order valence-corrected chi connectivity index (χ4v) is 4.18. The smallest absolute Gasteiger partial charge is 0.261 e. The molecule has 3 aromatic rings. The first-order valence-electron chi connectivity index (χ1n) is 9.42. The zero-order chi connectivity index (χ0) is 21.0. The Labute approximate surface area is 184 Å². The van der Waals surface area contributed by atoms with Crippen molar-refractivity contribution in [2.24, 2.45) is 0 Å². The zero-order valence-corrected chi connectivity index (χ0v) is 19.0. The van der Waals surface area contributed by atoms with Crippen molar-refractivity contribution in [1.82, 2.24) is 5.32 Å². The topological polar surface area (TPSA) is 50.4 Å². The van der Waals surface area contributed by atoms with Gasteiger partial charge in [-0.05, 0) is 69.0 Å². The Morgan fingerprint density at radius 1 is 1.17 bits per heavy atom. The molecule has 0 fully saturated rings. The van der Waals surface area contributed by atoms with Gasteiger partial charge in [0, 0.05) is 5.69 Å². The van der Waals surface area contributed by atoms with E-state index in [4.69, 9.17) is 17.0 Å². The summed E-state index contributed by atoms with van der Waals surface area (Å²) in [6, 6.07) is 17.6. The van der Waals surface area contributed by atoms with E-state index in [2.05, 4.69) is 46.5 Å². The van der Waals surface area contributed by atoms with Crippen LogP contribution in [-0.2, 0) is 0 Å². The number of hydrogen-bond donors (Lipinski definition) is 2. The van der Waals surface area contributed by atoms with Gasteiger partial charge in [-0.25, -0.2) is 0 Å². The first-order valence-corrected chi connectivity index (χ1v) is 10.6. The molecule has 0 spiro atoms. The molecule has 0 saturated heterocycles. The van der Waals surface area contributed by atoms with E-state index in [1.54, 1.807) is 7.11 Å². The standard InChI is InChI=1S/C23H23BrN2O2S/c1-4-14(2)16-10-7-8-12-19(16)25-23(29)26-22(27)18-13-15-9-5-6-11-17(15)20(24)21(18)28-3/h5-14H,4H2,1-3H3,(H2,25,26,27,29)/t14-/m0/s1. The van der Waals surface area contributed by atoms with Crippen molar-refractivity contribution >= 4 is 55.6 Å². The molecule has 6 heteroatoms. The van der Waals surface area contributed by atoms with Crippen LogP contribution in [0.2, 0.25) is 0 Å². The van der Waals surface area contributed by atoms with Crippen LogP contribution in [-0.4, -0.2) is 18.1 Å². The maximum absolute atomic E-state index is 13.0. The predicted octanol–water partition coefficient (Wildman–Crippen LogP) is 6.25. The number of methoxy groups -OCH3 is 1. The molecule has 150 valence electrons. The van der Waals surface area contributed by atoms with Crippen molar-refractivity contribution in [2.45, 2.75) is 26.2 Å². The van der Waals surface area contributed by atoms with E-state index >= 15 is 0 Å². The van der Waals surface area contributed by atoms with E-state index in [1.165, 1.54) is 0 Å². The number of hydrogen-bond acceptors (Lipinski definition) is 3. The van der Waals surface area contributed by atoms with Crippen molar-refractivity contribution in [3.63, 3.8) is 0 Å². The molecule has 0 heterocycles. The SMILES string of the molecule is CC[C@H](C)c1ccccc1NC(=S)NC(=O)c1cc2ccccc2c(Br)c1OC. The van der Waals surface area contributed by atoms with E-state index in [9.17, 15) is 4.79 Å². The Kier molecular flexibility index (Phi) is 6.87. The summed E-state index contributed by atoms with van der Waals surface area (Å²) in [4.78, 5) is 13.0. The average Bonchev–Trinajstić information content (AvgIpc) is 2.73. The summed E-state index contributed by atoms with van der Waals surface area (Å²) in [7, 11) is 1.55. The molecule has 0 aliphatic rings. The maximum atomic E-state index is 13.0. The third kappa shape index (κ3) is 4.60. The molecular weight excluding hydrogens is 448 g/mol. The molecule has 29 heavy (non-hydrogen) atoms. The molecule has 0 aliphatic carbocycles. The van der Waals surface area contributed by atoms with Crippen LogP contribution in [0.25, 0.3) is 10.8 Å². The van der Waals surface area contributed by atoms with E-state index in [-0.39, 0.29) is 11.0 Å². The van der Waals surface area contributed by atoms with E-state index in [0.29, 0.717) is 17.2 Å². The lowest BCUT2D eigenvalue weighted by Gasteiger charge is -2.18. The van der Waals surface area contributed by atoms with Gasteiger partial charge in [0.1, 0.15) is 5.75 Å². The lowest BCUT2D eigenvalue weighted by atomic mass is 9.97. The third-order valence-electron chi connectivity index (χ3n) is 4.97. The fourth-order valence-electron chi connectivity index (χ4n) is 3.24. The summed E-state index contributed by atoms with van der Waals surface area (Å²) >= 11 is 8.97. The van der Waals surface area contributed by atoms with Crippen molar-refractivity contribution in [1.29, 1.82) is 0 Å². The van der Waals surface area contributed by atoms with Crippen molar-refractivity contribution in [2.75, 3.05) is 12.4 Å². The fraction of sp³-hybridized carbons (Fsp3) is 0.217. The second kappa shape index (κ2) is 9.37. The Hall–Kier alpha value is -2.44. The van der Waals surface area contributed by atoms with Gasteiger partial charge >= 0.3 is 0 Å². The van der Waals surface area contributed by atoms with Crippen LogP contribution in [0.3, 0.4) is 0 Å². The Morgan fingerprint density at radius 3 is 2.59 bits per heavy atom. The number of thiocarbonyl (C=S) groups is 1. The normalized spacial score (nSPS) is 11.7. The van der Waals surface area contributed by atoms with Crippen LogP contribution in [0.1, 0.15) is 42.1 Å². The molecule has 2 N–H and O–H groups in total. The van der Waals surface area contributed by atoms with Gasteiger partial charge in [-0.3, -0.25) is 10.1 Å². The quantitative estimate of drug-likeness (QED) is 0.432. The summed E-state index contributed by atoms with van der Waals surface area (Å²) < 4.78 is 6.24. The second-order valence-corrected chi connectivity index (χ2v) is 8.00. The minimum Gasteiger partial charge on any atom is -0.495 e. The Morgan fingerprint density at radius 2 is 1.86 bits per heavy atom. The number of ether oxygens (including phenoxy) is 1. The molecule has 0 aromatic heterocycles. The van der Waals surface area contributed by atoms with Gasteiger partial charge in [0.15, 0.2) is 5.11 Å². The maximum Gasteiger partial charge on any atom is 0.261 e. The lowest BCUT2D eigenvalue weighted by molar-refractivity contribution is 0.0975. The summed E-state index contributed by atoms with van der Waals surface area (Å²) in [6.07, 6.45) is 1.01. The molecule has 0 bridgehead atoms. The first kappa shape index (κ1) is 21.3. The molecule has 0 aliphatic heterocycles. The van der Waals surface area contributed by atoms with Gasteiger partial charge in [-0.15, -0.1) is 0 Å². The molecular formula is C23H23BrN2O2S. The number of carbonyl (C=O) groups excluding carboxylic acids is 1. The number of nitrogens with one attached hydrogen (secondary N) is 2. The number of para-hydroxylation sites is 1. The highest BCUT2D eigenvalue weighted by Crippen LogP contribution is 2.36. The highest BCUT2D eigenvalue weighted by Gasteiger charge is 2.19. The van der Waals surface area contributed by atoms with Gasteiger partial charge in [0.25, 0.3) is 5.91 Å². The number of amides is 1. The predicted molar refractivity (Wildman–Crippen MR) is 127 cm³/mol. The number of halogens is 1. The van der Waals surface area contributed by atoms with Crippen molar-refractivity contribution < 1.29 is 9.53 Å². The van der Waals surface area contributed by atoms with Crippen LogP contribution in [0.4, 0.5) is 5.69 Å². The number of carbonyl (C=O) groups is 1. The monoisotopic (exact) mass is 470 g/mol. The van der Waals surface area contributed by atoms with Crippen molar-refractivity contribution in [3.8, 4) is 5.75 Å². The summed E-state index contributed by atoms with van der Waals surface area (Å²) in [5, 5.41) is 8.10. The molecule has 1 atom stereocenters. The second-order valence-electron chi connectivity index (χ2n) is 6.80. The number of anilines is 1. The number of fused-ring (bicyclic) bond motifs is 1. The average molecular weight is 471 g/mol. The van der Waals surface area contributed by atoms with Gasteiger partial charge in [-0.2, -0.15) is 0 Å². The molecule has 0 radical (unpaired) electrons. The summed E-state index contributed by atoms with van der Waals surface area (Å²) in [5.74, 6) is 0.532. The van der Waals surface area contributed by atoms with Crippen molar-refractivity contribution in [3.05, 3.63) is 70.2 Å². The van der Waals surface area contributed by atoms with E-state index in [0.717, 1.165) is 32.9 Å². The minimum absolute atomic E-state index is 0.247. The van der Waals surface area contributed by atoms with Crippen LogP contribution in [0.15, 0.2) is 59.1 Å². The van der Waals surface area contributed by atoms with Crippen LogP contribution in [0, 0.1) is 0 Å². The summed E-state index contributed by atoms with van der Waals surface area (Å²) in [5.41, 5.74) is 2.48. The largest absolute Gasteiger partial charge is 0.495 e. The van der Waals surface area contributed by atoms with E-state index in [1.807, 2.05) is 48.5 Å². The van der Waals surface area contributed by atoms with E-state index < -0.39 is 0 Å². The van der Waals surface area contributed by atoms with Crippen LogP contribution < -0.4 is 15.4 Å². The number of rotatable bonds is 5. The molecule has 4 nitrogen and oxygen atoms in total. The Balaban J connectivity index is 1.85. The molecule has 1 amide bonds. The third-order valence-corrected chi connectivity index (χ3v) is 5.96. The Bertz CT molecular complexity index is 1070. The van der Waals surface area contributed by atoms with Gasteiger partial charge in [0.2, 0.25) is 0 Å². The lowest BCUT2D eigenvalue weighted by Crippen LogP contribution is -2.34.